The van der Waals surface area contributed by atoms with E-state index in [1.165, 1.54) is 6.42 Å². The lowest BCUT2D eigenvalue weighted by molar-refractivity contribution is 0.0696. The largest absolute Gasteiger partial charge is 0.492 e. The van der Waals surface area contributed by atoms with E-state index in [-0.39, 0.29) is 5.56 Å². The van der Waals surface area contributed by atoms with E-state index in [1.54, 1.807) is 24.3 Å². The topological polar surface area (TPSA) is 58.6 Å². The summed E-state index contributed by atoms with van der Waals surface area (Å²) in [7, 11) is 0. The summed E-state index contributed by atoms with van der Waals surface area (Å²) in [4.78, 5) is 10.7. The molecule has 0 aliphatic heterocycles. The third-order valence-corrected chi connectivity index (χ3v) is 2.97. The molecule has 0 saturated heterocycles. The van der Waals surface area contributed by atoms with Gasteiger partial charge >= 0.3 is 5.97 Å². The van der Waals surface area contributed by atoms with Crippen molar-refractivity contribution in [1.29, 1.82) is 0 Å². The molecular weight excluding hydrogens is 218 g/mol. The van der Waals surface area contributed by atoms with Crippen molar-refractivity contribution in [2.24, 2.45) is 5.92 Å². The molecule has 1 fully saturated rings. The predicted octanol–water partition coefficient (Wildman–Crippen LogP) is 1.76. The van der Waals surface area contributed by atoms with Gasteiger partial charge in [-0.05, 0) is 30.5 Å². The van der Waals surface area contributed by atoms with Crippen LogP contribution < -0.4 is 10.1 Å². The van der Waals surface area contributed by atoms with Crippen LogP contribution in [0.5, 0.6) is 5.75 Å². The second kappa shape index (κ2) is 5.19. The molecule has 2 atom stereocenters. The van der Waals surface area contributed by atoms with Gasteiger partial charge in [-0.1, -0.05) is 13.0 Å². The Hall–Kier alpha value is -1.55. The quantitative estimate of drug-likeness (QED) is 0.738. The first-order valence-electron chi connectivity index (χ1n) is 5.86. The summed E-state index contributed by atoms with van der Waals surface area (Å²) in [6.45, 7) is 3.58. The Morgan fingerprint density at radius 1 is 1.59 bits per heavy atom. The van der Waals surface area contributed by atoms with E-state index in [0.29, 0.717) is 18.4 Å². The molecule has 2 unspecified atom stereocenters. The van der Waals surface area contributed by atoms with Crippen molar-refractivity contribution in [3.05, 3.63) is 29.8 Å². The summed E-state index contributed by atoms with van der Waals surface area (Å²) in [6, 6.07) is 7.20. The van der Waals surface area contributed by atoms with Crippen LogP contribution in [0.4, 0.5) is 0 Å². The molecule has 0 radical (unpaired) electrons. The van der Waals surface area contributed by atoms with E-state index in [2.05, 4.69) is 12.2 Å². The second-order valence-corrected chi connectivity index (χ2v) is 4.46. The molecular formula is C13H17NO3. The van der Waals surface area contributed by atoms with Crippen LogP contribution in [0.1, 0.15) is 23.7 Å². The van der Waals surface area contributed by atoms with Crippen molar-refractivity contribution >= 4 is 5.97 Å². The maximum atomic E-state index is 10.7. The smallest absolute Gasteiger partial charge is 0.335 e. The van der Waals surface area contributed by atoms with E-state index in [4.69, 9.17) is 9.84 Å². The van der Waals surface area contributed by atoms with Crippen LogP contribution in [0.25, 0.3) is 0 Å². The number of benzene rings is 1. The van der Waals surface area contributed by atoms with E-state index in [1.807, 2.05) is 0 Å². The van der Waals surface area contributed by atoms with Gasteiger partial charge in [-0.25, -0.2) is 4.79 Å². The number of carboxylic acids is 1. The molecule has 4 heteroatoms. The molecule has 0 heterocycles. The Bertz CT molecular complexity index is 405. The number of hydrogen-bond donors (Lipinski definition) is 2. The normalized spacial score (nSPS) is 22.2. The van der Waals surface area contributed by atoms with Gasteiger partial charge < -0.3 is 15.2 Å². The molecule has 0 aromatic heterocycles. The van der Waals surface area contributed by atoms with Crippen LogP contribution in [0, 0.1) is 5.92 Å². The summed E-state index contributed by atoms with van der Waals surface area (Å²) < 4.78 is 5.48. The fraction of sp³-hybridized carbons (Fsp3) is 0.462. The van der Waals surface area contributed by atoms with Crippen LogP contribution >= 0.6 is 0 Å². The first kappa shape index (κ1) is 11.9. The minimum atomic E-state index is -0.930. The molecule has 2 rings (SSSR count). The molecule has 92 valence electrons. The van der Waals surface area contributed by atoms with E-state index in [0.717, 1.165) is 12.5 Å². The molecule has 4 nitrogen and oxygen atoms in total. The minimum absolute atomic E-state index is 0.256. The first-order chi connectivity index (χ1) is 8.16. The van der Waals surface area contributed by atoms with Crippen molar-refractivity contribution in [3.63, 3.8) is 0 Å². The number of nitrogens with one attached hydrogen (secondary N) is 1. The molecule has 1 saturated carbocycles. The van der Waals surface area contributed by atoms with Gasteiger partial charge in [0.1, 0.15) is 12.4 Å². The van der Waals surface area contributed by atoms with Crippen LogP contribution in [-0.4, -0.2) is 30.3 Å². The fourth-order valence-corrected chi connectivity index (χ4v) is 1.74. The highest BCUT2D eigenvalue weighted by atomic mass is 16.5. The lowest BCUT2D eigenvalue weighted by Crippen LogP contribution is -2.24. The van der Waals surface area contributed by atoms with Gasteiger partial charge in [-0.3, -0.25) is 0 Å². The van der Waals surface area contributed by atoms with Crippen LogP contribution in [0.2, 0.25) is 0 Å². The third kappa shape index (κ3) is 3.46. The zero-order chi connectivity index (χ0) is 12.3. The number of aromatic carboxylic acids is 1. The molecule has 1 aliphatic carbocycles. The maximum absolute atomic E-state index is 10.7. The second-order valence-electron chi connectivity index (χ2n) is 4.46. The highest BCUT2D eigenvalue weighted by Gasteiger charge is 2.31. The van der Waals surface area contributed by atoms with Gasteiger partial charge in [-0.15, -0.1) is 0 Å². The van der Waals surface area contributed by atoms with Crippen LogP contribution in [-0.2, 0) is 0 Å². The maximum Gasteiger partial charge on any atom is 0.335 e. The molecule has 1 aromatic rings. The van der Waals surface area contributed by atoms with E-state index in [9.17, 15) is 4.79 Å². The Morgan fingerprint density at radius 3 is 3.00 bits per heavy atom. The standard InChI is InChI=1S/C13H17NO3/c1-9-7-12(9)14-5-6-17-11-4-2-3-10(8-11)13(15)16/h2-4,8-9,12,14H,5-7H2,1H3,(H,15,16). The van der Waals surface area contributed by atoms with Crippen molar-refractivity contribution in [1.82, 2.24) is 5.32 Å². The molecule has 17 heavy (non-hydrogen) atoms. The van der Waals surface area contributed by atoms with E-state index < -0.39 is 5.97 Å². The van der Waals surface area contributed by atoms with Crippen molar-refractivity contribution < 1.29 is 14.6 Å². The number of carbonyl (C=O) groups is 1. The zero-order valence-electron chi connectivity index (χ0n) is 9.85. The summed E-state index contributed by atoms with van der Waals surface area (Å²) >= 11 is 0. The molecule has 1 aromatic carbocycles. The summed E-state index contributed by atoms with van der Waals surface area (Å²) in [5, 5.41) is 12.2. The summed E-state index contributed by atoms with van der Waals surface area (Å²) in [5.41, 5.74) is 0.256. The fourth-order valence-electron chi connectivity index (χ4n) is 1.74. The zero-order valence-corrected chi connectivity index (χ0v) is 9.85. The molecule has 0 spiro atoms. The monoisotopic (exact) mass is 235 g/mol. The third-order valence-electron chi connectivity index (χ3n) is 2.97. The Kier molecular flexibility index (Phi) is 3.64. The molecule has 0 amide bonds. The average molecular weight is 235 g/mol. The lowest BCUT2D eigenvalue weighted by Gasteiger charge is -2.07. The first-order valence-corrected chi connectivity index (χ1v) is 5.86. The Morgan fingerprint density at radius 2 is 2.35 bits per heavy atom. The highest BCUT2D eigenvalue weighted by Crippen LogP contribution is 2.28. The molecule has 1 aliphatic rings. The lowest BCUT2D eigenvalue weighted by atomic mass is 10.2. The predicted molar refractivity (Wildman–Crippen MR) is 64.5 cm³/mol. The number of carboxylic acid groups (broad SMARTS) is 1. The van der Waals surface area contributed by atoms with Gasteiger partial charge in [0, 0.05) is 12.6 Å². The summed E-state index contributed by atoms with van der Waals surface area (Å²) in [6.07, 6.45) is 1.24. The highest BCUT2D eigenvalue weighted by molar-refractivity contribution is 5.87. The van der Waals surface area contributed by atoms with Crippen molar-refractivity contribution in [3.8, 4) is 5.75 Å². The van der Waals surface area contributed by atoms with Gasteiger partial charge in [0.15, 0.2) is 0 Å². The summed E-state index contributed by atoms with van der Waals surface area (Å²) in [5.74, 6) is 0.460. The number of rotatable bonds is 6. The van der Waals surface area contributed by atoms with Gasteiger partial charge in [0.05, 0.1) is 5.56 Å². The average Bonchev–Trinajstić information content (AvgIpc) is 3.01. The SMILES string of the molecule is CC1CC1NCCOc1cccc(C(=O)O)c1. The van der Waals surface area contributed by atoms with Gasteiger partial charge in [-0.2, -0.15) is 0 Å². The molecule has 0 bridgehead atoms. The van der Waals surface area contributed by atoms with Crippen molar-refractivity contribution in [2.45, 2.75) is 19.4 Å². The van der Waals surface area contributed by atoms with Crippen LogP contribution in [0.15, 0.2) is 24.3 Å². The Labute approximate surface area is 101 Å². The minimum Gasteiger partial charge on any atom is -0.492 e. The van der Waals surface area contributed by atoms with Gasteiger partial charge in [0.2, 0.25) is 0 Å². The van der Waals surface area contributed by atoms with Crippen molar-refractivity contribution in [2.75, 3.05) is 13.2 Å². The molecule has 2 N–H and O–H groups in total. The van der Waals surface area contributed by atoms with E-state index >= 15 is 0 Å². The number of ether oxygens (including phenoxy) is 1. The van der Waals surface area contributed by atoms with Crippen LogP contribution in [0.3, 0.4) is 0 Å². The number of hydrogen-bond acceptors (Lipinski definition) is 3. The Balaban J connectivity index is 1.74. The van der Waals surface area contributed by atoms with Gasteiger partial charge in [0.25, 0.3) is 0 Å².